The largest absolute Gasteiger partial charge is 0.468 e. The molecule has 3 nitrogen and oxygen atoms in total. The molecule has 0 fully saturated rings. The van der Waals surface area contributed by atoms with Gasteiger partial charge in [-0.15, -0.1) is 11.3 Å². The number of thiophene rings is 1. The van der Waals surface area contributed by atoms with Gasteiger partial charge in [0.05, 0.1) is 12.8 Å². The Morgan fingerprint density at radius 3 is 2.94 bits per heavy atom. The zero-order valence-electron chi connectivity index (χ0n) is 10.9. The summed E-state index contributed by atoms with van der Waals surface area (Å²) in [6.07, 6.45) is 2.83. The Morgan fingerprint density at radius 2 is 2.33 bits per heavy atom. The Hall–Kier alpha value is -1.10. The van der Waals surface area contributed by atoms with Crippen LogP contribution in [0.5, 0.6) is 0 Å². The van der Waals surface area contributed by atoms with E-state index in [0.717, 1.165) is 24.3 Å². The van der Waals surface area contributed by atoms with Gasteiger partial charge in [0.25, 0.3) is 0 Å². The molecule has 2 aromatic heterocycles. The summed E-state index contributed by atoms with van der Waals surface area (Å²) < 4.78 is 5.49. The Bertz CT molecular complexity index is 464. The number of nitrogens with two attached hydrogens (primary N) is 1. The van der Waals surface area contributed by atoms with E-state index in [-0.39, 0.29) is 0 Å². The van der Waals surface area contributed by atoms with E-state index in [2.05, 4.69) is 36.4 Å². The van der Waals surface area contributed by atoms with Crippen LogP contribution in [0.2, 0.25) is 0 Å². The van der Waals surface area contributed by atoms with Crippen molar-refractivity contribution in [2.75, 3.05) is 7.05 Å². The van der Waals surface area contributed by atoms with Crippen molar-refractivity contribution in [2.45, 2.75) is 32.5 Å². The molecule has 2 rings (SSSR count). The van der Waals surface area contributed by atoms with E-state index in [1.54, 1.807) is 6.26 Å². The van der Waals surface area contributed by atoms with Gasteiger partial charge in [0.2, 0.25) is 0 Å². The van der Waals surface area contributed by atoms with Gasteiger partial charge in [0, 0.05) is 23.0 Å². The van der Waals surface area contributed by atoms with Crippen molar-refractivity contribution in [1.29, 1.82) is 0 Å². The molecule has 4 heteroatoms. The summed E-state index contributed by atoms with van der Waals surface area (Å²) in [5.41, 5.74) is 6.63. The zero-order chi connectivity index (χ0) is 13.0. The average molecular weight is 264 g/mol. The molecule has 1 unspecified atom stereocenters. The quantitative estimate of drug-likeness (QED) is 0.872. The van der Waals surface area contributed by atoms with Crippen LogP contribution in [-0.2, 0) is 19.5 Å². The van der Waals surface area contributed by atoms with Crippen LogP contribution in [0.3, 0.4) is 0 Å². The first-order valence-electron chi connectivity index (χ1n) is 6.18. The summed E-state index contributed by atoms with van der Waals surface area (Å²) in [6, 6.07) is 6.82. The SMILES string of the molecule is CC(Cc1cccs1)N(C)Cc1cc(CN)co1. The molecular weight excluding hydrogens is 244 g/mol. The van der Waals surface area contributed by atoms with Crippen molar-refractivity contribution in [3.05, 3.63) is 46.0 Å². The summed E-state index contributed by atoms with van der Waals surface area (Å²) >= 11 is 1.82. The van der Waals surface area contributed by atoms with Gasteiger partial charge in [-0.1, -0.05) is 6.07 Å². The molecule has 0 aromatic carbocycles. The van der Waals surface area contributed by atoms with E-state index in [4.69, 9.17) is 10.2 Å². The van der Waals surface area contributed by atoms with Crippen LogP contribution in [0.25, 0.3) is 0 Å². The number of nitrogens with zero attached hydrogens (tertiary/aromatic N) is 1. The van der Waals surface area contributed by atoms with Crippen LogP contribution in [-0.4, -0.2) is 18.0 Å². The topological polar surface area (TPSA) is 42.4 Å². The fraction of sp³-hybridized carbons (Fsp3) is 0.429. The summed E-state index contributed by atoms with van der Waals surface area (Å²) in [6.45, 7) is 3.61. The summed E-state index contributed by atoms with van der Waals surface area (Å²) in [4.78, 5) is 3.73. The lowest BCUT2D eigenvalue weighted by atomic mass is 10.2. The van der Waals surface area contributed by atoms with Gasteiger partial charge >= 0.3 is 0 Å². The van der Waals surface area contributed by atoms with Crippen LogP contribution in [0.1, 0.15) is 23.1 Å². The van der Waals surface area contributed by atoms with Gasteiger partial charge in [-0.2, -0.15) is 0 Å². The minimum atomic E-state index is 0.495. The van der Waals surface area contributed by atoms with Crippen molar-refractivity contribution in [3.8, 4) is 0 Å². The van der Waals surface area contributed by atoms with Crippen molar-refractivity contribution >= 4 is 11.3 Å². The number of likely N-dealkylation sites (N-methyl/N-ethyl adjacent to an activating group) is 1. The number of furan rings is 1. The molecule has 0 aliphatic heterocycles. The molecule has 2 N–H and O–H groups in total. The van der Waals surface area contributed by atoms with Crippen LogP contribution >= 0.6 is 11.3 Å². The third-order valence-corrected chi connectivity index (χ3v) is 4.08. The summed E-state index contributed by atoms with van der Waals surface area (Å²) in [5.74, 6) is 0.982. The lowest BCUT2D eigenvalue weighted by Gasteiger charge is -2.23. The van der Waals surface area contributed by atoms with Gasteiger partial charge in [-0.3, -0.25) is 4.90 Å². The second-order valence-electron chi connectivity index (χ2n) is 4.67. The lowest BCUT2D eigenvalue weighted by Crippen LogP contribution is -2.29. The first-order valence-corrected chi connectivity index (χ1v) is 7.06. The molecule has 1 atom stereocenters. The Labute approximate surface area is 112 Å². The highest BCUT2D eigenvalue weighted by molar-refractivity contribution is 7.09. The fourth-order valence-electron chi connectivity index (χ4n) is 1.89. The smallest absolute Gasteiger partial charge is 0.118 e. The molecule has 0 radical (unpaired) electrons. The molecule has 18 heavy (non-hydrogen) atoms. The Kier molecular flexibility index (Phi) is 4.58. The molecule has 2 aromatic rings. The molecular formula is C14H20N2OS. The second kappa shape index (κ2) is 6.18. The van der Waals surface area contributed by atoms with E-state index >= 15 is 0 Å². The van der Waals surface area contributed by atoms with E-state index < -0.39 is 0 Å². The van der Waals surface area contributed by atoms with Gasteiger partial charge < -0.3 is 10.2 Å². The molecule has 0 aliphatic rings. The molecule has 0 saturated carbocycles. The van der Waals surface area contributed by atoms with Crippen LogP contribution in [0.4, 0.5) is 0 Å². The summed E-state index contributed by atoms with van der Waals surface area (Å²) in [5, 5.41) is 2.13. The van der Waals surface area contributed by atoms with Crippen LogP contribution < -0.4 is 5.73 Å². The highest BCUT2D eigenvalue weighted by Gasteiger charge is 2.12. The Morgan fingerprint density at radius 1 is 1.50 bits per heavy atom. The van der Waals surface area contributed by atoms with E-state index in [0.29, 0.717) is 12.6 Å². The molecule has 0 spiro atoms. The zero-order valence-corrected chi connectivity index (χ0v) is 11.7. The first kappa shape index (κ1) is 13.3. The van der Waals surface area contributed by atoms with Crippen molar-refractivity contribution < 1.29 is 4.42 Å². The number of hydrogen-bond donors (Lipinski definition) is 1. The van der Waals surface area contributed by atoms with Crippen molar-refractivity contribution in [3.63, 3.8) is 0 Å². The van der Waals surface area contributed by atoms with Crippen molar-refractivity contribution in [2.24, 2.45) is 5.73 Å². The van der Waals surface area contributed by atoms with Gasteiger partial charge in [0.15, 0.2) is 0 Å². The molecule has 0 aliphatic carbocycles. The lowest BCUT2D eigenvalue weighted by molar-refractivity contribution is 0.229. The van der Waals surface area contributed by atoms with Crippen LogP contribution in [0, 0.1) is 0 Å². The predicted molar refractivity (Wildman–Crippen MR) is 75.6 cm³/mol. The summed E-state index contributed by atoms with van der Waals surface area (Å²) in [7, 11) is 2.13. The number of rotatable bonds is 6. The van der Waals surface area contributed by atoms with Gasteiger partial charge in [-0.25, -0.2) is 0 Å². The van der Waals surface area contributed by atoms with Gasteiger partial charge in [-0.05, 0) is 37.9 Å². The standard InChI is InChI=1S/C14H20N2OS/c1-11(6-14-4-3-5-18-14)16(2)9-13-7-12(8-15)10-17-13/h3-5,7,10-11H,6,8-9,15H2,1-2H3. The second-order valence-corrected chi connectivity index (χ2v) is 5.71. The third kappa shape index (κ3) is 3.45. The maximum Gasteiger partial charge on any atom is 0.118 e. The van der Waals surface area contributed by atoms with E-state index in [1.807, 2.05) is 17.4 Å². The molecule has 2 heterocycles. The minimum Gasteiger partial charge on any atom is -0.468 e. The van der Waals surface area contributed by atoms with E-state index in [1.165, 1.54) is 4.88 Å². The van der Waals surface area contributed by atoms with Gasteiger partial charge in [0.1, 0.15) is 5.76 Å². The highest BCUT2D eigenvalue weighted by atomic mass is 32.1. The maximum atomic E-state index is 5.57. The molecule has 0 amide bonds. The number of hydrogen-bond acceptors (Lipinski definition) is 4. The highest BCUT2D eigenvalue weighted by Crippen LogP contribution is 2.16. The molecule has 0 saturated heterocycles. The maximum absolute atomic E-state index is 5.57. The third-order valence-electron chi connectivity index (χ3n) is 3.18. The minimum absolute atomic E-state index is 0.495. The fourth-order valence-corrected chi connectivity index (χ4v) is 2.72. The predicted octanol–water partition coefficient (Wildman–Crippen LogP) is 2.86. The molecule has 0 bridgehead atoms. The van der Waals surface area contributed by atoms with Crippen molar-refractivity contribution in [1.82, 2.24) is 4.90 Å². The molecule has 98 valence electrons. The average Bonchev–Trinajstić information content (AvgIpc) is 3.00. The first-order chi connectivity index (χ1) is 8.69. The van der Waals surface area contributed by atoms with E-state index in [9.17, 15) is 0 Å². The van der Waals surface area contributed by atoms with Crippen LogP contribution in [0.15, 0.2) is 34.3 Å². The normalized spacial score (nSPS) is 13.1. The monoisotopic (exact) mass is 264 g/mol. The Balaban J connectivity index is 1.88.